The maximum absolute atomic E-state index is 4.20. The molecule has 1 aromatic heterocycles. The second-order valence-corrected chi connectivity index (χ2v) is 3.65. The van der Waals surface area contributed by atoms with Crippen LogP contribution in [0.5, 0.6) is 0 Å². The molecule has 0 N–H and O–H groups in total. The van der Waals surface area contributed by atoms with Crippen LogP contribution in [-0.4, -0.2) is 15.5 Å². The molecule has 2 rings (SSSR count). The van der Waals surface area contributed by atoms with Crippen molar-refractivity contribution in [1.82, 2.24) is 9.78 Å². The van der Waals surface area contributed by atoms with E-state index in [2.05, 4.69) is 5.10 Å². The Morgan fingerprint density at radius 2 is 2.60 bits per heavy atom. The molecule has 0 fully saturated rings. The zero-order valence-corrected chi connectivity index (χ0v) is 6.82. The first kappa shape index (κ1) is 6.28. The van der Waals surface area contributed by atoms with Crippen LogP contribution in [0.3, 0.4) is 0 Å². The Labute approximate surface area is 64.6 Å². The van der Waals surface area contributed by atoms with Crippen molar-refractivity contribution >= 4 is 11.8 Å². The molecule has 1 aromatic rings. The summed E-state index contributed by atoms with van der Waals surface area (Å²) >= 11 is 2.00. The van der Waals surface area contributed by atoms with Crippen molar-refractivity contribution in [2.24, 2.45) is 7.05 Å². The molecule has 0 bridgehead atoms. The Morgan fingerprint density at radius 1 is 1.70 bits per heavy atom. The highest BCUT2D eigenvalue weighted by molar-refractivity contribution is 7.98. The van der Waals surface area contributed by atoms with Crippen molar-refractivity contribution in [2.75, 3.05) is 5.75 Å². The smallest absolute Gasteiger partial charge is 0.0533 e. The Bertz CT molecular complexity index is 242. The van der Waals surface area contributed by atoms with Gasteiger partial charge in [-0.15, -0.1) is 0 Å². The number of aryl methyl sites for hydroxylation is 1. The summed E-state index contributed by atoms with van der Waals surface area (Å²) in [6, 6.07) is 0. The van der Waals surface area contributed by atoms with Crippen LogP contribution >= 0.6 is 11.8 Å². The maximum Gasteiger partial charge on any atom is 0.0533 e. The van der Waals surface area contributed by atoms with Gasteiger partial charge in [0.15, 0.2) is 0 Å². The highest BCUT2D eigenvalue weighted by Crippen LogP contribution is 2.23. The van der Waals surface area contributed by atoms with E-state index in [9.17, 15) is 0 Å². The molecule has 0 saturated carbocycles. The fourth-order valence-electron chi connectivity index (χ4n) is 1.30. The van der Waals surface area contributed by atoms with E-state index >= 15 is 0 Å². The lowest BCUT2D eigenvalue weighted by molar-refractivity contribution is 0.716. The van der Waals surface area contributed by atoms with E-state index in [0.717, 1.165) is 5.75 Å². The van der Waals surface area contributed by atoms with E-state index in [-0.39, 0.29) is 0 Å². The Kier molecular flexibility index (Phi) is 1.45. The molecule has 1 aliphatic rings. The summed E-state index contributed by atoms with van der Waals surface area (Å²) in [6.07, 6.45) is 3.18. The minimum absolute atomic E-state index is 1.16. The fourth-order valence-corrected chi connectivity index (χ4v) is 2.25. The summed E-state index contributed by atoms with van der Waals surface area (Å²) in [5.41, 5.74) is 2.86. The van der Waals surface area contributed by atoms with Gasteiger partial charge in [-0.05, 0) is 12.2 Å². The van der Waals surface area contributed by atoms with Gasteiger partial charge in [-0.3, -0.25) is 4.68 Å². The molecule has 0 amide bonds. The molecule has 54 valence electrons. The van der Waals surface area contributed by atoms with Gasteiger partial charge in [0.1, 0.15) is 0 Å². The fraction of sp³-hybridized carbons (Fsp3) is 0.571. The summed E-state index contributed by atoms with van der Waals surface area (Å²) in [7, 11) is 2.02. The maximum atomic E-state index is 4.20. The third-order valence-corrected chi connectivity index (χ3v) is 2.90. The van der Waals surface area contributed by atoms with Crippen LogP contribution in [-0.2, 0) is 19.2 Å². The van der Waals surface area contributed by atoms with Crippen LogP contribution in [0.2, 0.25) is 0 Å². The quantitative estimate of drug-likeness (QED) is 0.559. The standard InChI is InChI=1S/C7H10N2S/c1-9-7-2-3-10-5-6(7)4-8-9/h4H,2-3,5H2,1H3. The molecule has 2 heterocycles. The first-order chi connectivity index (χ1) is 4.88. The first-order valence-corrected chi connectivity index (χ1v) is 4.61. The van der Waals surface area contributed by atoms with E-state index in [1.165, 1.54) is 23.4 Å². The number of rotatable bonds is 0. The number of thioether (sulfide) groups is 1. The Hall–Kier alpha value is -0.440. The van der Waals surface area contributed by atoms with Gasteiger partial charge in [-0.25, -0.2) is 0 Å². The lowest BCUT2D eigenvalue weighted by atomic mass is 10.2. The van der Waals surface area contributed by atoms with Crippen molar-refractivity contribution < 1.29 is 0 Å². The molecule has 3 heteroatoms. The van der Waals surface area contributed by atoms with Crippen molar-refractivity contribution in [3.05, 3.63) is 17.5 Å². The van der Waals surface area contributed by atoms with Crippen molar-refractivity contribution in [3.8, 4) is 0 Å². The Balaban J connectivity index is 2.45. The summed E-state index contributed by atoms with van der Waals surface area (Å²) in [5.74, 6) is 2.41. The third kappa shape index (κ3) is 0.850. The monoisotopic (exact) mass is 154 g/mol. The summed E-state index contributed by atoms with van der Waals surface area (Å²) in [4.78, 5) is 0. The predicted molar refractivity (Wildman–Crippen MR) is 43.1 cm³/mol. The summed E-state index contributed by atoms with van der Waals surface area (Å²) < 4.78 is 2.00. The van der Waals surface area contributed by atoms with Gasteiger partial charge < -0.3 is 0 Å². The normalized spacial score (nSPS) is 16.9. The number of hydrogen-bond donors (Lipinski definition) is 0. The minimum Gasteiger partial charge on any atom is -0.272 e. The number of hydrogen-bond acceptors (Lipinski definition) is 2. The van der Waals surface area contributed by atoms with Gasteiger partial charge in [-0.1, -0.05) is 0 Å². The van der Waals surface area contributed by atoms with Crippen molar-refractivity contribution in [2.45, 2.75) is 12.2 Å². The lowest BCUT2D eigenvalue weighted by Gasteiger charge is -2.10. The number of nitrogens with zero attached hydrogens (tertiary/aromatic N) is 2. The van der Waals surface area contributed by atoms with E-state index in [1.54, 1.807) is 0 Å². The van der Waals surface area contributed by atoms with E-state index in [1.807, 2.05) is 29.7 Å². The topological polar surface area (TPSA) is 17.8 Å². The van der Waals surface area contributed by atoms with Crippen LogP contribution in [0, 0.1) is 0 Å². The highest BCUT2D eigenvalue weighted by Gasteiger charge is 2.12. The molecule has 0 unspecified atom stereocenters. The van der Waals surface area contributed by atoms with E-state index in [4.69, 9.17) is 0 Å². The van der Waals surface area contributed by atoms with Crippen LogP contribution in [0.1, 0.15) is 11.3 Å². The minimum atomic E-state index is 1.16. The van der Waals surface area contributed by atoms with Gasteiger partial charge in [0.25, 0.3) is 0 Å². The molecule has 0 radical (unpaired) electrons. The third-order valence-electron chi connectivity index (χ3n) is 1.89. The van der Waals surface area contributed by atoms with Gasteiger partial charge in [-0.2, -0.15) is 16.9 Å². The molecule has 10 heavy (non-hydrogen) atoms. The van der Waals surface area contributed by atoms with Crippen molar-refractivity contribution in [3.63, 3.8) is 0 Å². The van der Waals surface area contributed by atoms with Gasteiger partial charge in [0, 0.05) is 24.1 Å². The summed E-state index contributed by atoms with van der Waals surface area (Å²) in [5, 5.41) is 4.20. The second-order valence-electron chi connectivity index (χ2n) is 2.54. The van der Waals surface area contributed by atoms with Crippen LogP contribution in [0.25, 0.3) is 0 Å². The zero-order chi connectivity index (χ0) is 6.97. The molecule has 0 aliphatic carbocycles. The Morgan fingerprint density at radius 3 is 3.40 bits per heavy atom. The second kappa shape index (κ2) is 2.31. The van der Waals surface area contributed by atoms with Gasteiger partial charge in [0.05, 0.1) is 6.20 Å². The highest BCUT2D eigenvalue weighted by atomic mass is 32.2. The first-order valence-electron chi connectivity index (χ1n) is 3.45. The molecular weight excluding hydrogens is 144 g/mol. The molecule has 0 aromatic carbocycles. The number of fused-ring (bicyclic) bond motifs is 1. The predicted octanol–water partition coefficient (Wildman–Crippen LogP) is 1.21. The van der Waals surface area contributed by atoms with E-state index in [0.29, 0.717) is 0 Å². The number of aromatic nitrogens is 2. The van der Waals surface area contributed by atoms with Gasteiger partial charge >= 0.3 is 0 Å². The van der Waals surface area contributed by atoms with Crippen LogP contribution < -0.4 is 0 Å². The van der Waals surface area contributed by atoms with Crippen molar-refractivity contribution in [1.29, 1.82) is 0 Å². The zero-order valence-electron chi connectivity index (χ0n) is 6.00. The molecular formula is C7H10N2S. The average Bonchev–Trinajstić information content (AvgIpc) is 2.34. The largest absolute Gasteiger partial charge is 0.272 e. The van der Waals surface area contributed by atoms with Crippen LogP contribution in [0.15, 0.2) is 6.20 Å². The van der Waals surface area contributed by atoms with E-state index < -0.39 is 0 Å². The average molecular weight is 154 g/mol. The van der Waals surface area contributed by atoms with Gasteiger partial charge in [0.2, 0.25) is 0 Å². The summed E-state index contributed by atoms with van der Waals surface area (Å²) in [6.45, 7) is 0. The molecule has 2 nitrogen and oxygen atoms in total. The SMILES string of the molecule is Cn1ncc2c1CCSC2. The van der Waals surface area contributed by atoms with Crippen LogP contribution in [0.4, 0.5) is 0 Å². The molecule has 0 saturated heterocycles. The molecule has 1 aliphatic heterocycles. The molecule has 0 spiro atoms. The lowest BCUT2D eigenvalue weighted by Crippen LogP contribution is -2.05. The molecule has 0 atom stereocenters.